The summed E-state index contributed by atoms with van der Waals surface area (Å²) < 4.78 is 10.6. The van der Waals surface area contributed by atoms with E-state index in [4.69, 9.17) is 9.72 Å². The highest BCUT2D eigenvalue weighted by Crippen LogP contribution is 2.40. The first-order valence-electron chi connectivity index (χ1n) is 9.74. The van der Waals surface area contributed by atoms with E-state index in [9.17, 15) is 0 Å². The van der Waals surface area contributed by atoms with Gasteiger partial charge in [-0.05, 0) is 49.8 Å². The molecule has 0 spiro atoms. The minimum Gasteiger partial charge on any atom is -0.497 e. The van der Waals surface area contributed by atoms with Gasteiger partial charge in [0.15, 0.2) is 4.34 Å². The first kappa shape index (κ1) is 17.6. The largest absolute Gasteiger partial charge is 0.497 e. The molecule has 2 aliphatic rings. The van der Waals surface area contributed by atoms with E-state index in [1.807, 2.05) is 29.4 Å². The molecule has 0 bridgehead atoms. The molecular formula is C20H28N2OS2. The zero-order valence-corrected chi connectivity index (χ0v) is 16.7. The van der Waals surface area contributed by atoms with Gasteiger partial charge in [-0.1, -0.05) is 38.5 Å². The predicted molar refractivity (Wildman–Crippen MR) is 108 cm³/mol. The lowest BCUT2D eigenvalue weighted by Crippen LogP contribution is -2.40. The molecule has 0 aliphatic heterocycles. The van der Waals surface area contributed by atoms with Crippen molar-refractivity contribution in [3.8, 4) is 5.75 Å². The average molecular weight is 377 g/mol. The van der Waals surface area contributed by atoms with Gasteiger partial charge in [-0.2, -0.15) is 0 Å². The summed E-state index contributed by atoms with van der Waals surface area (Å²) in [5, 5.41) is 0. The molecule has 0 N–H and O–H groups in total. The number of ether oxygens (including phenoxy) is 1. The molecular weight excluding hydrogens is 348 g/mol. The topological polar surface area (TPSA) is 25.4 Å². The van der Waals surface area contributed by atoms with Crippen LogP contribution in [-0.4, -0.2) is 28.5 Å². The normalized spacial score (nSPS) is 20.4. The molecule has 1 heterocycles. The van der Waals surface area contributed by atoms with Crippen LogP contribution in [0.25, 0.3) is 10.2 Å². The molecule has 2 aliphatic carbocycles. The van der Waals surface area contributed by atoms with Crippen molar-refractivity contribution in [2.45, 2.75) is 80.6 Å². The van der Waals surface area contributed by atoms with Gasteiger partial charge in [0.05, 0.1) is 17.3 Å². The number of fused-ring (bicyclic) bond motifs is 1. The smallest absolute Gasteiger partial charge is 0.166 e. The molecule has 2 fully saturated rings. The fourth-order valence-corrected chi connectivity index (χ4v) is 6.65. The summed E-state index contributed by atoms with van der Waals surface area (Å²) in [7, 11) is 1.72. The van der Waals surface area contributed by atoms with Gasteiger partial charge < -0.3 is 4.74 Å². The van der Waals surface area contributed by atoms with Crippen molar-refractivity contribution in [3.63, 3.8) is 0 Å². The molecule has 2 saturated carbocycles. The van der Waals surface area contributed by atoms with Gasteiger partial charge in [-0.3, -0.25) is 0 Å². The predicted octanol–water partition coefficient (Wildman–Crippen LogP) is 6.28. The van der Waals surface area contributed by atoms with Gasteiger partial charge in [0, 0.05) is 18.2 Å². The van der Waals surface area contributed by atoms with E-state index in [0.29, 0.717) is 0 Å². The monoisotopic (exact) mass is 376 g/mol. The van der Waals surface area contributed by atoms with E-state index < -0.39 is 0 Å². The molecule has 1 aromatic carbocycles. The second-order valence-electron chi connectivity index (χ2n) is 7.35. The Morgan fingerprint density at radius 2 is 1.64 bits per heavy atom. The zero-order valence-electron chi connectivity index (χ0n) is 15.1. The van der Waals surface area contributed by atoms with Crippen LogP contribution in [0.5, 0.6) is 5.75 Å². The number of hydrogen-bond donors (Lipinski definition) is 0. The SMILES string of the molecule is COc1ccc2sc(SN(C3CCCCC3)C3CCCCC3)nc2c1. The summed E-state index contributed by atoms with van der Waals surface area (Å²) in [6.07, 6.45) is 13.9. The number of nitrogens with zero attached hydrogens (tertiary/aromatic N) is 2. The summed E-state index contributed by atoms with van der Waals surface area (Å²) in [6.45, 7) is 0. The molecule has 0 atom stereocenters. The van der Waals surface area contributed by atoms with E-state index in [-0.39, 0.29) is 0 Å². The van der Waals surface area contributed by atoms with E-state index >= 15 is 0 Å². The summed E-state index contributed by atoms with van der Waals surface area (Å²) in [5.41, 5.74) is 1.07. The van der Waals surface area contributed by atoms with E-state index in [1.165, 1.54) is 73.2 Å². The van der Waals surface area contributed by atoms with Gasteiger partial charge in [0.25, 0.3) is 0 Å². The molecule has 5 heteroatoms. The maximum Gasteiger partial charge on any atom is 0.166 e. The second-order valence-corrected chi connectivity index (χ2v) is 9.63. The van der Waals surface area contributed by atoms with Crippen LogP contribution in [-0.2, 0) is 0 Å². The van der Waals surface area contributed by atoms with Gasteiger partial charge in [-0.25, -0.2) is 9.29 Å². The summed E-state index contributed by atoms with van der Waals surface area (Å²) in [4.78, 5) is 4.91. The third-order valence-corrected chi connectivity index (χ3v) is 7.99. The molecule has 0 radical (unpaired) electrons. The molecule has 4 rings (SSSR count). The number of benzene rings is 1. The standard InChI is InChI=1S/C20H28N2OS2/c1-23-17-12-13-19-18(14-17)21-20(24-19)25-22(15-8-4-2-5-9-15)16-10-6-3-7-11-16/h12-16H,2-11H2,1H3. The van der Waals surface area contributed by atoms with Crippen LogP contribution in [0.2, 0.25) is 0 Å². The maximum atomic E-state index is 5.35. The highest BCUT2D eigenvalue weighted by atomic mass is 32.2. The van der Waals surface area contributed by atoms with Crippen molar-refractivity contribution in [1.82, 2.24) is 9.29 Å². The van der Waals surface area contributed by atoms with Crippen molar-refractivity contribution in [2.75, 3.05) is 7.11 Å². The highest BCUT2D eigenvalue weighted by molar-refractivity contribution is 7.99. The van der Waals surface area contributed by atoms with Crippen LogP contribution in [0.15, 0.2) is 22.5 Å². The van der Waals surface area contributed by atoms with E-state index in [1.54, 1.807) is 7.11 Å². The molecule has 2 aromatic rings. The fourth-order valence-electron chi connectivity index (χ4n) is 4.26. The Morgan fingerprint density at radius 1 is 1.00 bits per heavy atom. The number of rotatable bonds is 5. The Hall–Kier alpha value is -0.780. The van der Waals surface area contributed by atoms with Gasteiger partial charge >= 0.3 is 0 Å². The van der Waals surface area contributed by atoms with Crippen LogP contribution >= 0.6 is 23.3 Å². The highest BCUT2D eigenvalue weighted by Gasteiger charge is 2.30. The third kappa shape index (κ3) is 4.15. The zero-order chi connectivity index (χ0) is 17.1. The quantitative estimate of drug-likeness (QED) is 0.573. The minimum atomic E-state index is 0.739. The maximum absolute atomic E-state index is 5.35. The molecule has 136 valence electrons. The molecule has 1 aromatic heterocycles. The van der Waals surface area contributed by atoms with Crippen LogP contribution in [0, 0.1) is 0 Å². The number of aromatic nitrogens is 1. The van der Waals surface area contributed by atoms with Crippen LogP contribution in [0.4, 0.5) is 0 Å². The Bertz CT molecular complexity index is 672. The summed E-state index contributed by atoms with van der Waals surface area (Å²) >= 11 is 3.77. The van der Waals surface area contributed by atoms with Crippen molar-refractivity contribution in [2.24, 2.45) is 0 Å². The Labute approximate surface area is 159 Å². The van der Waals surface area contributed by atoms with Crippen molar-refractivity contribution < 1.29 is 4.74 Å². The Balaban J connectivity index is 1.56. The average Bonchev–Trinajstić information content (AvgIpc) is 3.09. The molecule has 0 amide bonds. The van der Waals surface area contributed by atoms with Crippen molar-refractivity contribution in [3.05, 3.63) is 18.2 Å². The van der Waals surface area contributed by atoms with Gasteiger partial charge in [0.2, 0.25) is 0 Å². The number of methoxy groups -OCH3 is 1. The lowest BCUT2D eigenvalue weighted by atomic mass is 9.91. The summed E-state index contributed by atoms with van der Waals surface area (Å²) in [5.74, 6) is 0.894. The van der Waals surface area contributed by atoms with E-state index in [2.05, 4.69) is 16.4 Å². The summed E-state index contributed by atoms with van der Waals surface area (Å²) in [6, 6.07) is 7.71. The van der Waals surface area contributed by atoms with Crippen LogP contribution in [0.1, 0.15) is 64.2 Å². The first-order chi connectivity index (χ1) is 12.3. The van der Waals surface area contributed by atoms with Gasteiger partial charge in [-0.15, -0.1) is 11.3 Å². The van der Waals surface area contributed by atoms with Crippen molar-refractivity contribution >= 4 is 33.5 Å². The molecule has 0 saturated heterocycles. The lowest BCUT2D eigenvalue weighted by Gasteiger charge is -2.40. The second kappa shape index (κ2) is 8.28. The number of thiazole rings is 1. The number of hydrogen-bond acceptors (Lipinski definition) is 5. The Morgan fingerprint density at radius 3 is 2.24 bits per heavy atom. The first-order valence-corrected chi connectivity index (χ1v) is 11.3. The molecule has 0 unspecified atom stereocenters. The fraction of sp³-hybridized carbons (Fsp3) is 0.650. The third-order valence-electron chi connectivity index (χ3n) is 5.63. The lowest BCUT2D eigenvalue weighted by molar-refractivity contribution is 0.185. The van der Waals surface area contributed by atoms with Gasteiger partial charge in [0.1, 0.15) is 5.75 Å². The minimum absolute atomic E-state index is 0.739. The van der Waals surface area contributed by atoms with E-state index in [0.717, 1.165) is 23.3 Å². The van der Waals surface area contributed by atoms with Crippen molar-refractivity contribution in [1.29, 1.82) is 0 Å². The Kier molecular flexibility index (Phi) is 5.83. The molecule has 3 nitrogen and oxygen atoms in total. The van der Waals surface area contributed by atoms with Crippen LogP contribution < -0.4 is 4.74 Å². The molecule has 25 heavy (non-hydrogen) atoms. The van der Waals surface area contributed by atoms with Crippen LogP contribution in [0.3, 0.4) is 0 Å².